The average molecular weight is 359 g/mol. The van der Waals surface area contributed by atoms with Crippen molar-refractivity contribution in [2.45, 2.75) is 50.5 Å². The lowest BCUT2D eigenvalue weighted by Crippen LogP contribution is -2.27. The standard InChI is InChI=1S/C20H25NO3S/c1-14-12-19(10-11-20(14)24-3)25(22,23)21-15(2)17-9-8-16-6-4-5-7-18(16)13-17/h8-13,15,21H,4-7H2,1-3H3/t15-/m0/s1. The zero-order valence-electron chi connectivity index (χ0n) is 15.0. The number of nitrogens with one attached hydrogen (secondary N) is 1. The first kappa shape index (κ1) is 18.0. The summed E-state index contributed by atoms with van der Waals surface area (Å²) < 4.78 is 33.4. The molecule has 2 aromatic rings. The monoisotopic (exact) mass is 359 g/mol. The highest BCUT2D eigenvalue weighted by Gasteiger charge is 2.20. The van der Waals surface area contributed by atoms with Gasteiger partial charge in [-0.15, -0.1) is 0 Å². The van der Waals surface area contributed by atoms with Crippen molar-refractivity contribution in [3.8, 4) is 5.75 Å². The maximum Gasteiger partial charge on any atom is 0.241 e. The number of aryl methyl sites for hydroxylation is 3. The minimum atomic E-state index is -3.58. The van der Waals surface area contributed by atoms with Crippen LogP contribution < -0.4 is 9.46 Å². The van der Waals surface area contributed by atoms with Crippen LogP contribution in [0.15, 0.2) is 41.3 Å². The van der Waals surface area contributed by atoms with E-state index in [1.165, 1.54) is 24.0 Å². The van der Waals surface area contributed by atoms with Crippen LogP contribution in [-0.2, 0) is 22.9 Å². The predicted octanol–water partition coefficient (Wildman–Crippen LogP) is 3.92. The number of hydrogen-bond donors (Lipinski definition) is 1. The van der Waals surface area contributed by atoms with Crippen LogP contribution in [-0.4, -0.2) is 15.5 Å². The lowest BCUT2D eigenvalue weighted by atomic mass is 9.89. The van der Waals surface area contributed by atoms with Crippen LogP contribution in [0.2, 0.25) is 0 Å². The maximum atomic E-state index is 12.7. The van der Waals surface area contributed by atoms with Gasteiger partial charge in [-0.1, -0.05) is 18.2 Å². The minimum Gasteiger partial charge on any atom is -0.496 e. The number of hydrogen-bond acceptors (Lipinski definition) is 3. The molecule has 3 rings (SSSR count). The molecule has 0 saturated carbocycles. The van der Waals surface area contributed by atoms with Crippen molar-refractivity contribution >= 4 is 10.0 Å². The zero-order chi connectivity index (χ0) is 18.0. The van der Waals surface area contributed by atoms with E-state index in [2.05, 4.69) is 16.9 Å². The van der Waals surface area contributed by atoms with Crippen LogP contribution in [0.25, 0.3) is 0 Å². The van der Waals surface area contributed by atoms with E-state index < -0.39 is 10.0 Å². The summed E-state index contributed by atoms with van der Waals surface area (Å²) in [6.07, 6.45) is 4.66. The molecule has 0 aliphatic heterocycles. The minimum absolute atomic E-state index is 0.260. The molecular weight excluding hydrogens is 334 g/mol. The van der Waals surface area contributed by atoms with E-state index in [9.17, 15) is 8.42 Å². The van der Waals surface area contributed by atoms with Crippen LogP contribution in [0, 0.1) is 6.92 Å². The van der Waals surface area contributed by atoms with Gasteiger partial charge in [0, 0.05) is 6.04 Å². The van der Waals surface area contributed by atoms with Crippen molar-refractivity contribution < 1.29 is 13.2 Å². The molecule has 1 N–H and O–H groups in total. The van der Waals surface area contributed by atoms with Gasteiger partial charge in [-0.2, -0.15) is 0 Å². The van der Waals surface area contributed by atoms with Gasteiger partial charge in [0.2, 0.25) is 10.0 Å². The van der Waals surface area contributed by atoms with Gasteiger partial charge < -0.3 is 4.74 Å². The van der Waals surface area contributed by atoms with Gasteiger partial charge in [0.05, 0.1) is 12.0 Å². The van der Waals surface area contributed by atoms with E-state index >= 15 is 0 Å². The molecule has 0 saturated heterocycles. The van der Waals surface area contributed by atoms with Crippen molar-refractivity contribution in [3.05, 3.63) is 58.7 Å². The van der Waals surface area contributed by atoms with Gasteiger partial charge >= 0.3 is 0 Å². The van der Waals surface area contributed by atoms with Crippen molar-refractivity contribution in [2.75, 3.05) is 7.11 Å². The maximum absolute atomic E-state index is 12.7. The highest BCUT2D eigenvalue weighted by molar-refractivity contribution is 7.89. The molecule has 4 nitrogen and oxygen atoms in total. The Kier molecular flexibility index (Phi) is 5.16. The molecule has 1 atom stereocenters. The van der Waals surface area contributed by atoms with E-state index in [0.29, 0.717) is 5.75 Å². The normalized spacial score (nSPS) is 15.5. The van der Waals surface area contributed by atoms with Crippen molar-refractivity contribution in [1.29, 1.82) is 0 Å². The number of fused-ring (bicyclic) bond motifs is 1. The van der Waals surface area contributed by atoms with Gasteiger partial charge in [0.1, 0.15) is 5.75 Å². The van der Waals surface area contributed by atoms with Crippen LogP contribution in [0.3, 0.4) is 0 Å². The van der Waals surface area contributed by atoms with Crippen LogP contribution >= 0.6 is 0 Å². The Balaban J connectivity index is 1.81. The lowest BCUT2D eigenvalue weighted by molar-refractivity contribution is 0.411. The van der Waals surface area contributed by atoms with Gasteiger partial charge in [-0.3, -0.25) is 0 Å². The molecule has 1 aliphatic rings. The van der Waals surface area contributed by atoms with Gasteiger partial charge in [0.25, 0.3) is 0 Å². The first-order chi connectivity index (χ1) is 11.9. The van der Waals surface area contributed by atoms with Gasteiger partial charge in [-0.25, -0.2) is 13.1 Å². The molecule has 1 aliphatic carbocycles. The molecule has 5 heteroatoms. The third-order valence-corrected chi connectivity index (χ3v) is 6.42. The molecule has 25 heavy (non-hydrogen) atoms. The van der Waals surface area contributed by atoms with Crippen molar-refractivity contribution in [2.24, 2.45) is 0 Å². The summed E-state index contributed by atoms with van der Waals surface area (Å²) in [7, 11) is -2.01. The Hall–Kier alpha value is -1.85. The molecule has 0 unspecified atom stereocenters. The summed E-state index contributed by atoms with van der Waals surface area (Å²) in [5, 5.41) is 0. The van der Waals surface area contributed by atoms with Crippen LogP contribution in [0.5, 0.6) is 5.75 Å². The van der Waals surface area contributed by atoms with Gasteiger partial charge in [-0.05, 0) is 80.0 Å². The molecule has 134 valence electrons. The number of sulfonamides is 1. The van der Waals surface area contributed by atoms with E-state index in [4.69, 9.17) is 4.74 Å². The second-order valence-electron chi connectivity index (χ2n) is 6.71. The number of rotatable bonds is 5. The highest BCUT2D eigenvalue weighted by Crippen LogP contribution is 2.26. The third-order valence-electron chi connectivity index (χ3n) is 4.88. The summed E-state index contributed by atoms with van der Waals surface area (Å²) in [5.41, 5.74) is 4.56. The fourth-order valence-corrected chi connectivity index (χ4v) is 4.73. The van der Waals surface area contributed by atoms with Crippen molar-refractivity contribution in [1.82, 2.24) is 4.72 Å². The van der Waals surface area contributed by atoms with E-state index in [0.717, 1.165) is 24.0 Å². The third kappa shape index (κ3) is 3.88. The largest absolute Gasteiger partial charge is 0.496 e. The smallest absolute Gasteiger partial charge is 0.241 e. The molecule has 0 spiro atoms. The fourth-order valence-electron chi connectivity index (χ4n) is 3.41. The molecule has 0 amide bonds. The summed E-state index contributed by atoms with van der Waals surface area (Å²) in [6.45, 7) is 3.73. The molecule has 0 aromatic heterocycles. The second kappa shape index (κ2) is 7.18. The molecule has 0 radical (unpaired) electrons. The molecular formula is C20H25NO3S. The average Bonchev–Trinajstić information content (AvgIpc) is 2.60. The lowest BCUT2D eigenvalue weighted by Gasteiger charge is -2.20. The first-order valence-corrected chi connectivity index (χ1v) is 10.2. The Bertz CT molecular complexity index is 875. The fraction of sp³-hybridized carbons (Fsp3) is 0.400. The van der Waals surface area contributed by atoms with E-state index in [-0.39, 0.29) is 10.9 Å². The van der Waals surface area contributed by atoms with E-state index in [1.807, 2.05) is 19.9 Å². The summed E-state index contributed by atoms with van der Waals surface area (Å²) in [6, 6.07) is 11.0. The molecule has 0 heterocycles. The molecule has 0 bridgehead atoms. The molecule has 2 aromatic carbocycles. The number of ether oxygens (including phenoxy) is 1. The Labute approximate surface area is 150 Å². The Morgan fingerprint density at radius 3 is 2.44 bits per heavy atom. The Morgan fingerprint density at radius 1 is 1.04 bits per heavy atom. The van der Waals surface area contributed by atoms with Crippen LogP contribution in [0.1, 0.15) is 48.1 Å². The second-order valence-corrected chi connectivity index (χ2v) is 8.42. The number of benzene rings is 2. The Morgan fingerprint density at radius 2 is 1.76 bits per heavy atom. The SMILES string of the molecule is COc1ccc(S(=O)(=O)N[C@@H](C)c2ccc3c(c2)CCCC3)cc1C. The summed E-state index contributed by atoms with van der Waals surface area (Å²) in [4.78, 5) is 0.260. The zero-order valence-corrected chi connectivity index (χ0v) is 15.8. The first-order valence-electron chi connectivity index (χ1n) is 8.69. The molecule has 0 fully saturated rings. The highest BCUT2D eigenvalue weighted by atomic mass is 32.2. The predicted molar refractivity (Wildman–Crippen MR) is 99.6 cm³/mol. The quantitative estimate of drug-likeness (QED) is 0.880. The summed E-state index contributed by atoms with van der Waals surface area (Å²) in [5.74, 6) is 0.682. The topological polar surface area (TPSA) is 55.4 Å². The summed E-state index contributed by atoms with van der Waals surface area (Å²) >= 11 is 0. The number of methoxy groups -OCH3 is 1. The van der Waals surface area contributed by atoms with E-state index in [1.54, 1.807) is 25.3 Å². The van der Waals surface area contributed by atoms with Gasteiger partial charge in [0.15, 0.2) is 0 Å². The van der Waals surface area contributed by atoms with Crippen LogP contribution in [0.4, 0.5) is 0 Å². The van der Waals surface area contributed by atoms with Crippen molar-refractivity contribution in [3.63, 3.8) is 0 Å².